The van der Waals surface area contributed by atoms with Gasteiger partial charge in [-0.3, -0.25) is 9.69 Å². The van der Waals surface area contributed by atoms with Gasteiger partial charge in [-0.1, -0.05) is 25.0 Å². The average molecular weight is 430 g/mol. The highest BCUT2D eigenvalue weighted by Gasteiger charge is 2.36. The Kier molecular flexibility index (Phi) is 7.68. The Balaban J connectivity index is 1.80. The number of carbonyl (C=O) groups is 3. The van der Waals surface area contributed by atoms with Gasteiger partial charge in [0.25, 0.3) is 0 Å². The number of allylic oxidation sites excluding steroid dienone is 1. The number of carbonyl (C=O) groups excluding carboxylic acids is 3. The van der Waals surface area contributed by atoms with Crippen LogP contribution in [0.5, 0.6) is 0 Å². The summed E-state index contributed by atoms with van der Waals surface area (Å²) in [5.74, 6) is -0.360. The van der Waals surface area contributed by atoms with Crippen LogP contribution in [0.1, 0.15) is 51.1 Å². The summed E-state index contributed by atoms with van der Waals surface area (Å²) in [4.78, 5) is 39.3. The van der Waals surface area contributed by atoms with Crippen LogP contribution >= 0.6 is 0 Å². The molecule has 1 heterocycles. The number of hydrogen-bond acceptors (Lipinski definition) is 5. The van der Waals surface area contributed by atoms with Gasteiger partial charge in [-0.05, 0) is 44.4 Å². The van der Waals surface area contributed by atoms with E-state index in [1.807, 2.05) is 19.1 Å². The highest BCUT2D eigenvalue weighted by molar-refractivity contribution is 5.95. The fourth-order valence-corrected chi connectivity index (χ4v) is 4.16. The van der Waals surface area contributed by atoms with Crippen LogP contribution in [0.3, 0.4) is 0 Å². The third kappa shape index (κ3) is 5.25. The van der Waals surface area contributed by atoms with Crippen molar-refractivity contribution < 1.29 is 23.9 Å². The second kappa shape index (κ2) is 10.4. The molecule has 1 aromatic rings. The van der Waals surface area contributed by atoms with E-state index < -0.39 is 12.0 Å². The fourth-order valence-electron chi connectivity index (χ4n) is 4.16. The minimum absolute atomic E-state index is 0.0490. The Bertz CT molecular complexity index is 843. The van der Waals surface area contributed by atoms with Crippen LogP contribution in [0, 0.1) is 5.92 Å². The topological polar surface area (TPSA) is 97.0 Å². The molecule has 0 bridgehead atoms. The van der Waals surface area contributed by atoms with Gasteiger partial charge in [-0.2, -0.15) is 0 Å². The van der Waals surface area contributed by atoms with Crippen LogP contribution in [0.15, 0.2) is 35.5 Å². The maximum atomic E-state index is 12.8. The summed E-state index contributed by atoms with van der Waals surface area (Å²) < 4.78 is 10.3. The molecule has 3 rings (SSSR count). The lowest BCUT2D eigenvalue weighted by Crippen LogP contribution is -2.47. The van der Waals surface area contributed by atoms with Crippen molar-refractivity contribution >= 4 is 23.6 Å². The van der Waals surface area contributed by atoms with E-state index in [1.165, 1.54) is 12.0 Å². The van der Waals surface area contributed by atoms with Gasteiger partial charge < -0.3 is 20.1 Å². The molecule has 1 fully saturated rings. The van der Waals surface area contributed by atoms with Crippen LogP contribution in [-0.4, -0.2) is 49.7 Å². The predicted octanol–water partition coefficient (Wildman–Crippen LogP) is 3.37. The van der Waals surface area contributed by atoms with Crippen LogP contribution in [-0.2, 0) is 19.1 Å². The van der Waals surface area contributed by atoms with Crippen molar-refractivity contribution in [3.63, 3.8) is 0 Å². The number of urea groups is 1. The van der Waals surface area contributed by atoms with Crippen molar-refractivity contribution in [2.75, 3.05) is 32.2 Å². The molecule has 8 heteroatoms. The number of nitrogens with one attached hydrogen (secondary N) is 2. The zero-order valence-electron chi connectivity index (χ0n) is 18.4. The van der Waals surface area contributed by atoms with Crippen molar-refractivity contribution in [3.8, 4) is 0 Å². The average Bonchev–Trinajstić information content (AvgIpc) is 3.29. The molecule has 2 N–H and O–H groups in total. The number of anilines is 1. The molecule has 1 aromatic carbocycles. The number of ether oxygens (including phenoxy) is 2. The number of esters is 1. The highest BCUT2D eigenvalue weighted by atomic mass is 16.6. The van der Waals surface area contributed by atoms with Crippen molar-refractivity contribution in [1.82, 2.24) is 10.2 Å². The molecule has 1 saturated carbocycles. The Morgan fingerprint density at radius 2 is 1.84 bits per heavy atom. The van der Waals surface area contributed by atoms with Gasteiger partial charge in [-0.25, -0.2) is 9.59 Å². The van der Waals surface area contributed by atoms with Crippen molar-refractivity contribution in [3.05, 3.63) is 41.1 Å². The fraction of sp³-hybridized carbons (Fsp3) is 0.522. The molecule has 1 aliphatic carbocycles. The first-order valence-electron chi connectivity index (χ1n) is 10.8. The molecule has 2 aliphatic rings. The normalized spacial score (nSPS) is 19.4. The Labute approximate surface area is 183 Å². The number of nitrogens with zero attached hydrogens (tertiary/aromatic N) is 1. The first-order chi connectivity index (χ1) is 15.0. The lowest BCUT2D eigenvalue weighted by molar-refractivity contribution is -0.141. The molecule has 8 nitrogen and oxygen atoms in total. The molecule has 0 saturated heterocycles. The largest absolute Gasteiger partial charge is 0.460 e. The van der Waals surface area contributed by atoms with E-state index in [-0.39, 0.29) is 24.5 Å². The molecule has 1 atom stereocenters. The quantitative estimate of drug-likeness (QED) is 0.488. The summed E-state index contributed by atoms with van der Waals surface area (Å²) in [6, 6.07) is 6.31. The maximum Gasteiger partial charge on any atom is 0.338 e. The van der Waals surface area contributed by atoms with Gasteiger partial charge in [0.05, 0.1) is 18.2 Å². The van der Waals surface area contributed by atoms with E-state index in [9.17, 15) is 14.4 Å². The highest BCUT2D eigenvalue weighted by Crippen LogP contribution is 2.32. The lowest BCUT2D eigenvalue weighted by atomic mass is 9.94. The van der Waals surface area contributed by atoms with Gasteiger partial charge in [0.2, 0.25) is 5.91 Å². The summed E-state index contributed by atoms with van der Waals surface area (Å²) in [5, 5.41) is 5.86. The number of benzene rings is 1. The van der Waals surface area contributed by atoms with E-state index in [4.69, 9.17) is 9.47 Å². The predicted molar refractivity (Wildman–Crippen MR) is 116 cm³/mol. The summed E-state index contributed by atoms with van der Waals surface area (Å²) in [7, 11) is 1.54. The molecule has 0 spiro atoms. The second-order valence-electron chi connectivity index (χ2n) is 7.85. The first-order valence-corrected chi connectivity index (χ1v) is 10.8. The van der Waals surface area contributed by atoms with Gasteiger partial charge in [0, 0.05) is 31.0 Å². The van der Waals surface area contributed by atoms with E-state index in [2.05, 4.69) is 10.6 Å². The summed E-state index contributed by atoms with van der Waals surface area (Å²) in [6.45, 7) is 4.45. The molecule has 0 radical (unpaired) electrons. The zero-order valence-corrected chi connectivity index (χ0v) is 18.4. The smallest absolute Gasteiger partial charge is 0.338 e. The number of amides is 3. The van der Waals surface area contributed by atoms with Crippen LogP contribution < -0.4 is 10.6 Å². The minimum Gasteiger partial charge on any atom is -0.460 e. The Hall–Kier alpha value is -2.87. The number of methoxy groups -OCH3 is 1. The molecule has 31 heavy (non-hydrogen) atoms. The van der Waals surface area contributed by atoms with Crippen LogP contribution in [0.2, 0.25) is 0 Å². The van der Waals surface area contributed by atoms with E-state index in [1.54, 1.807) is 19.1 Å². The summed E-state index contributed by atoms with van der Waals surface area (Å²) >= 11 is 0. The third-order valence-electron chi connectivity index (χ3n) is 5.89. The van der Waals surface area contributed by atoms with Gasteiger partial charge in [0.15, 0.2) is 0 Å². The molecule has 0 aromatic heterocycles. The van der Waals surface area contributed by atoms with Gasteiger partial charge in [-0.15, -0.1) is 0 Å². The van der Waals surface area contributed by atoms with Gasteiger partial charge >= 0.3 is 12.0 Å². The zero-order chi connectivity index (χ0) is 22.4. The molecule has 3 amide bonds. The molecule has 1 unspecified atom stereocenters. The molecule has 168 valence electrons. The molecule has 1 aliphatic heterocycles. The van der Waals surface area contributed by atoms with Crippen LogP contribution in [0.4, 0.5) is 10.5 Å². The minimum atomic E-state index is -0.634. The first kappa shape index (κ1) is 22.8. The Morgan fingerprint density at radius 3 is 2.45 bits per heavy atom. The van der Waals surface area contributed by atoms with Crippen molar-refractivity contribution in [2.24, 2.45) is 5.92 Å². The maximum absolute atomic E-state index is 12.8. The van der Waals surface area contributed by atoms with Crippen molar-refractivity contribution in [2.45, 2.75) is 45.6 Å². The van der Waals surface area contributed by atoms with Gasteiger partial charge in [0.1, 0.15) is 6.61 Å². The molecular formula is C23H31N3O5. The third-order valence-corrected chi connectivity index (χ3v) is 5.89. The lowest BCUT2D eigenvalue weighted by Gasteiger charge is -2.34. The SMILES string of the molecule is CCN1C(=O)NC(c2ccc(NC(=O)C3CCCC3)cc2)C(C(=O)OCCOC)=C1C. The van der Waals surface area contributed by atoms with Crippen molar-refractivity contribution in [1.29, 1.82) is 0 Å². The summed E-state index contributed by atoms with van der Waals surface area (Å²) in [5.41, 5.74) is 2.39. The number of rotatable bonds is 8. The monoisotopic (exact) mass is 429 g/mol. The second-order valence-corrected chi connectivity index (χ2v) is 7.85. The summed E-state index contributed by atoms with van der Waals surface area (Å²) in [6.07, 6.45) is 4.07. The van der Waals surface area contributed by atoms with E-state index >= 15 is 0 Å². The Morgan fingerprint density at radius 1 is 1.16 bits per heavy atom. The van der Waals surface area contributed by atoms with E-state index in [0.717, 1.165) is 31.2 Å². The van der Waals surface area contributed by atoms with Crippen LogP contribution in [0.25, 0.3) is 0 Å². The van der Waals surface area contributed by atoms with E-state index in [0.29, 0.717) is 30.1 Å². The standard InChI is InChI=1S/C23H31N3O5/c1-4-26-15(2)19(22(28)31-14-13-30-3)20(25-23(26)29)16-9-11-18(12-10-16)24-21(27)17-7-5-6-8-17/h9-12,17,20H,4-8,13-14H2,1-3H3,(H,24,27)(H,25,29). The number of hydrogen-bond donors (Lipinski definition) is 2. The molecular weight excluding hydrogens is 398 g/mol.